The van der Waals surface area contributed by atoms with Gasteiger partial charge in [0.05, 0.1) is 36.7 Å². The maximum atomic E-state index is 14.5. The number of carbonyl (C=O) groups excluding carboxylic acids is 1. The minimum Gasteiger partial charge on any atom is -0.352 e. The Morgan fingerprint density at radius 2 is 1.85 bits per heavy atom. The smallest absolute Gasteiger partial charge is 0.352 e. The second kappa shape index (κ2) is 8.61. The molecule has 1 aliphatic rings. The lowest BCUT2D eigenvalue weighted by Gasteiger charge is -2.43. The molecular formula is C19H20F5N9O. The first-order chi connectivity index (χ1) is 15.9. The number of aryl methyl sites for hydroxylation is 1. The second-order valence-corrected chi connectivity index (χ2v) is 8.07. The van der Waals surface area contributed by atoms with Crippen LogP contribution < -0.4 is 5.32 Å². The van der Waals surface area contributed by atoms with Crippen LogP contribution in [-0.2, 0) is 13.2 Å². The second-order valence-electron chi connectivity index (χ2n) is 8.07. The fourth-order valence-corrected chi connectivity index (χ4v) is 3.89. The zero-order chi connectivity index (χ0) is 24.7. The molecule has 1 N–H and O–H groups in total. The van der Waals surface area contributed by atoms with Crippen LogP contribution in [-0.4, -0.2) is 70.6 Å². The van der Waals surface area contributed by atoms with Crippen molar-refractivity contribution in [2.45, 2.75) is 31.5 Å². The van der Waals surface area contributed by atoms with E-state index in [0.29, 0.717) is 12.4 Å². The monoisotopic (exact) mass is 485 g/mol. The van der Waals surface area contributed by atoms with Crippen molar-refractivity contribution >= 4 is 11.9 Å². The minimum absolute atomic E-state index is 0.0590. The number of amides is 1. The highest BCUT2D eigenvalue weighted by molar-refractivity contribution is 5.96. The largest absolute Gasteiger partial charge is 0.419 e. The van der Waals surface area contributed by atoms with E-state index in [1.165, 1.54) is 23.3 Å². The summed E-state index contributed by atoms with van der Waals surface area (Å²) in [5.74, 6) is -4.65. The number of nitrogens with one attached hydrogen (secondary N) is 1. The van der Waals surface area contributed by atoms with Crippen LogP contribution in [0.5, 0.6) is 0 Å². The molecule has 0 radical (unpaired) electrons. The Hall–Kier alpha value is -3.65. The Morgan fingerprint density at radius 3 is 2.47 bits per heavy atom. The number of halogens is 5. The summed E-state index contributed by atoms with van der Waals surface area (Å²) >= 11 is 0. The predicted molar refractivity (Wildman–Crippen MR) is 107 cm³/mol. The van der Waals surface area contributed by atoms with Gasteiger partial charge >= 0.3 is 6.18 Å². The van der Waals surface area contributed by atoms with Gasteiger partial charge in [-0.2, -0.15) is 28.5 Å². The molecule has 182 valence electrons. The lowest BCUT2D eigenvalue weighted by atomic mass is 9.88. The molecular weight excluding hydrogens is 465 g/mol. The molecule has 0 bridgehead atoms. The highest BCUT2D eigenvalue weighted by Crippen LogP contribution is 2.35. The van der Waals surface area contributed by atoms with Gasteiger partial charge < -0.3 is 10.2 Å². The summed E-state index contributed by atoms with van der Waals surface area (Å²) in [4.78, 5) is 22.8. The van der Waals surface area contributed by atoms with E-state index in [4.69, 9.17) is 0 Å². The molecule has 0 aliphatic carbocycles. The Labute approximate surface area is 189 Å². The van der Waals surface area contributed by atoms with Gasteiger partial charge in [0, 0.05) is 32.4 Å². The summed E-state index contributed by atoms with van der Waals surface area (Å²) in [6.45, 7) is 0.664. The molecule has 3 aromatic heterocycles. The van der Waals surface area contributed by atoms with E-state index in [1.807, 2.05) is 0 Å². The van der Waals surface area contributed by atoms with Gasteiger partial charge in [0.15, 0.2) is 5.69 Å². The van der Waals surface area contributed by atoms with E-state index < -0.39 is 48.5 Å². The number of hydrogen-bond acceptors (Lipinski definition) is 7. The molecule has 1 saturated heterocycles. The molecule has 10 nitrogen and oxygen atoms in total. The topological polar surface area (TPSA) is 107 Å². The molecule has 1 unspecified atom stereocenters. The van der Waals surface area contributed by atoms with E-state index in [1.54, 1.807) is 14.0 Å². The van der Waals surface area contributed by atoms with Gasteiger partial charge in [-0.25, -0.2) is 18.7 Å². The first-order valence-corrected chi connectivity index (χ1v) is 10.2. The lowest BCUT2D eigenvalue weighted by Crippen LogP contribution is -2.57. The maximum absolute atomic E-state index is 14.5. The third-order valence-electron chi connectivity index (χ3n) is 5.44. The molecule has 15 heteroatoms. The summed E-state index contributed by atoms with van der Waals surface area (Å²) in [7, 11) is 1.57. The van der Waals surface area contributed by atoms with Crippen molar-refractivity contribution in [1.29, 1.82) is 0 Å². The quantitative estimate of drug-likeness (QED) is 0.553. The lowest BCUT2D eigenvalue weighted by molar-refractivity contribution is -0.138. The summed E-state index contributed by atoms with van der Waals surface area (Å²) < 4.78 is 68.4. The van der Waals surface area contributed by atoms with Crippen LogP contribution in [0.1, 0.15) is 29.4 Å². The molecule has 1 amide bonds. The van der Waals surface area contributed by atoms with Crippen LogP contribution in [0, 0.1) is 5.92 Å². The fourth-order valence-electron chi connectivity index (χ4n) is 3.89. The third kappa shape index (κ3) is 4.82. The molecule has 0 saturated carbocycles. The van der Waals surface area contributed by atoms with Gasteiger partial charge in [-0.3, -0.25) is 9.48 Å². The normalized spacial score (nSPS) is 20.4. The maximum Gasteiger partial charge on any atom is 0.419 e. The van der Waals surface area contributed by atoms with Crippen molar-refractivity contribution in [2.24, 2.45) is 13.0 Å². The number of nitrogens with zero attached hydrogens (tertiary/aromatic N) is 8. The van der Waals surface area contributed by atoms with Crippen molar-refractivity contribution in [3.63, 3.8) is 0 Å². The summed E-state index contributed by atoms with van der Waals surface area (Å²) in [5, 5.41) is 14.8. The molecule has 1 aliphatic heterocycles. The van der Waals surface area contributed by atoms with Gasteiger partial charge in [0.2, 0.25) is 5.95 Å². The van der Waals surface area contributed by atoms with Crippen LogP contribution in [0.2, 0.25) is 0 Å². The van der Waals surface area contributed by atoms with E-state index >= 15 is 0 Å². The number of piperidine rings is 1. The van der Waals surface area contributed by atoms with Gasteiger partial charge in [0.1, 0.15) is 5.69 Å². The van der Waals surface area contributed by atoms with Crippen molar-refractivity contribution in [3.05, 3.63) is 42.2 Å². The summed E-state index contributed by atoms with van der Waals surface area (Å²) in [5.41, 5.74) is -0.911. The molecule has 1 fully saturated rings. The van der Waals surface area contributed by atoms with Crippen molar-refractivity contribution in [1.82, 2.24) is 39.6 Å². The van der Waals surface area contributed by atoms with Crippen molar-refractivity contribution in [2.75, 3.05) is 18.4 Å². The first-order valence-electron chi connectivity index (χ1n) is 10.2. The zero-order valence-electron chi connectivity index (χ0n) is 18.0. The predicted octanol–water partition coefficient (Wildman–Crippen LogP) is 2.41. The molecule has 2 atom stereocenters. The molecule has 4 rings (SSSR count). The van der Waals surface area contributed by atoms with Gasteiger partial charge in [0.25, 0.3) is 11.8 Å². The van der Waals surface area contributed by atoms with Crippen molar-refractivity contribution in [3.8, 4) is 5.69 Å². The molecule has 3 aromatic rings. The van der Waals surface area contributed by atoms with Gasteiger partial charge in [-0.15, -0.1) is 4.80 Å². The average molecular weight is 485 g/mol. The van der Waals surface area contributed by atoms with Crippen LogP contribution in [0.3, 0.4) is 0 Å². The van der Waals surface area contributed by atoms with Gasteiger partial charge in [-0.1, -0.05) is 6.92 Å². The number of hydrogen-bond donors (Lipinski definition) is 1. The number of rotatable bonds is 5. The average Bonchev–Trinajstić information content (AvgIpc) is 3.41. The number of likely N-dealkylation sites (tertiary alicyclic amines) is 1. The first kappa shape index (κ1) is 23.5. The standard InChI is InChI=1S/C19H20F5N9O/c1-11-5-18(20,21)10-32(13(11)8-27-17-25-6-12(7-26-17)19(22,23)24)16(34)15-14(9-31(2)30-15)33-28-3-4-29-33/h3-4,6-7,9,11,13H,5,8,10H2,1-2H3,(H,25,26,27)/t11-,13?/m1/s1. The zero-order valence-corrected chi connectivity index (χ0v) is 18.0. The van der Waals surface area contributed by atoms with Crippen molar-refractivity contribution < 1.29 is 26.7 Å². The van der Waals surface area contributed by atoms with E-state index in [9.17, 15) is 26.7 Å². The summed E-state index contributed by atoms with van der Waals surface area (Å²) in [6.07, 6.45) is 0.468. The van der Waals surface area contributed by atoms with Crippen LogP contribution in [0.15, 0.2) is 31.0 Å². The third-order valence-corrected chi connectivity index (χ3v) is 5.44. The van der Waals surface area contributed by atoms with E-state index in [2.05, 4.69) is 30.6 Å². The number of anilines is 1. The number of alkyl halides is 5. The SMILES string of the molecule is C[C@@H]1CC(F)(F)CN(C(=O)c2nn(C)cc2-n2nccn2)C1CNc1ncc(C(F)(F)F)cn1. The molecule has 4 heterocycles. The molecule has 0 aromatic carbocycles. The highest BCUT2D eigenvalue weighted by Gasteiger charge is 2.47. The Morgan fingerprint density at radius 1 is 1.21 bits per heavy atom. The molecule has 0 spiro atoms. The van der Waals surface area contributed by atoms with Crippen LogP contribution in [0.4, 0.5) is 27.9 Å². The number of carbonyl (C=O) groups is 1. The highest BCUT2D eigenvalue weighted by atomic mass is 19.4. The Bertz CT molecular complexity index is 1140. The van der Waals surface area contributed by atoms with E-state index in [-0.39, 0.29) is 23.9 Å². The Balaban J connectivity index is 1.58. The minimum atomic E-state index is -4.59. The van der Waals surface area contributed by atoms with E-state index in [0.717, 1.165) is 9.70 Å². The fraction of sp³-hybridized carbons (Fsp3) is 0.474. The molecule has 34 heavy (non-hydrogen) atoms. The van der Waals surface area contributed by atoms with Crippen LogP contribution >= 0.6 is 0 Å². The van der Waals surface area contributed by atoms with Crippen LogP contribution in [0.25, 0.3) is 5.69 Å². The Kier molecular flexibility index (Phi) is 5.95. The van der Waals surface area contributed by atoms with Gasteiger partial charge in [-0.05, 0) is 5.92 Å². The summed E-state index contributed by atoms with van der Waals surface area (Å²) in [6, 6.07) is -0.738. The number of aromatic nitrogens is 7.